The molecular weight excluding hydrogens is 290 g/mol. The Hall–Kier alpha value is -0.800. The Morgan fingerprint density at radius 2 is 1.45 bits per heavy atom. The number of nitrogens with one attached hydrogen (secondary N) is 1. The summed E-state index contributed by atoms with van der Waals surface area (Å²) in [7, 11) is 1.97. The molecule has 0 atom stereocenters. The first-order valence-electron chi connectivity index (χ1n) is 7.27. The molecule has 0 spiro atoms. The number of thioether (sulfide) groups is 1. The molecule has 1 aromatic carbocycles. The Labute approximate surface area is 145 Å². The second kappa shape index (κ2) is 28.4. The van der Waals surface area contributed by atoms with Crippen molar-refractivity contribution in [1.29, 1.82) is 0 Å². The van der Waals surface area contributed by atoms with Crippen molar-refractivity contribution in [1.82, 2.24) is 5.32 Å². The first-order valence-corrected chi connectivity index (χ1v) is 8.49. The van der Waals surface area contributed by atoms with Gasteiger partial charge in [-0.3, -0.25) is 0 Å². The number of rotatable bonds is 3. The molecule has 0 aliphatic heterocycles. The Morgan fingerprint density at radius 3 is 1.77 bits per heavy atom. The van der Waals surface area contributed by atoms with Crippen molar-refractivity contribution < 1.29 is 4.79 Å². The van der Waals surface area contributed by atoms with Crippen LogP contribution in [0.1, 0.15) is 68.4 Å². The van der Waals surface area contributed by atoms with Gasteiger partial charge in [0.1, 0.15) is 5.78 Å². The quantitative estimate of drug-likeness (QED) is 0.646. The molecule has 0 unspecified atom stereocenters. The zero-order valence-corrected chi connectivity index (χ0v) is 15.4. The number of carbonyl (C=O) groups is 1. The van der Waals surface area contributed by atoms with E-state index < -0.39 is 0 Å². The maximum Gasteiger partial charge on any atom is 0.126 e. The van der Waals surface area contributed by atoms with Crippen LogP contribution in [0, 0.1) is 0 Å². The Morgan fingerprint density at radius 1 is 1.09 bits per heavy atom. The van der Waals surface area contributed by atoms with E-state index in [-0.39, 0.29) is 20.6 Å². The summed E-state index contributed by atoms with van der Waals surface area (Å²) < 4.78 is 0. The molecule has 0 bridgehead atoms. The molecular formula is C19H41NOS. The summed E-state index contributed by atoms with van der Waals surface area (Å²) in [6, 6.07) is 8.46. The number of hydrogen-bond donors (Lipinski definition) is 1. The highest BCUT2D eigenvalue weighted by atomic mass is 32.2. The van der Waals surface area contributed by atoms with Crippen molar-refractivity contribution in [3.63, 3.8) is 0 Å². The maximum atomic E-state index is 9.44. The van der Waals surface area contributed by atoms with Crippen molar-refractivity contribution in [3.05, 3.63) is 29.8 Å². The highest BCUT2D eigenvalue weighted by Crippen LogP contribution is 2.19. The number of benzene rings is 1. The van der Waals surface area contributed by atoms with Gasteiger partial charge in [-0.15, -0.1) is 11.8 Å². The molecule has 3 heteroatoms. The molecule has 1 aromatic rings. The second-order valence-corrected chi connectivity index (χ2v) is 4.81. The molecule has 0 saturated heterocycles. The predicted octanol–water partition coefficient (Wildman–Crippen LogP) is 6.44. The first-order chi connectivity index (χ1) is 9.53. The van der Waals surface area contributed by atoms with Crippen LogP contribution >= 0.6 is 11.8 Å². The summed E-state index contributed by atoms with van der Waals surface area (Å²) in [5.41, 5.74) is 1.38. The molecule has 22 heavy (non-hydrogen) atoms. The van der Waals surface area contributed by atoms with Crippen molar-refractivity contribution in [2.45, 2.75) is 74.3 Å². The second-order valence-electron chi connectivity index (χ2n) is 3.96. The molecule has 0 heterocycles. The molecule has 0 radical (unpaired) electrons. The lowest BCUT2D eigenvalue weighted by Gasteiger charge is -2.04. The number of ketones is 1. The van der Waals surface area contributed by atoms with Crippen LogP contribution in [0.25, 0.3) is 0 Å². The summed E-state index contributed by atoms with van der Waals surface area (Å²) in [5, 5.41) is 3.15. The van der Waals surface area contributed by atoms with Gasteiger partial charge in [0.2, 0.25) is 0 Å². The fraction of sp³-hybridized carbons (Fsp3) is 0.632. The molecule has 0 aliphatic rings. The summed E-state index contributed by atoms with van der Waals surface area (Å²) in [4.78, 5) is 10.8. The number of Topliss-reactive ketones (excluding diaryl/α,β-unsaturated/α-hetero) is 1. The Kier molecular flexibility index (Phi) is 42.5. The van der Waals surface area contributed by atoms with E-state index in [1.54, 1.807) is 11.8 Å². The van der Waals surface area contributed by atoms with E-state index in [0.29, 0.717) is 0 Å². The monoisotopic (exact) mass is 331 g/mol. The van der Waals surface area contributed by atoms with E-state index in [9.17, 15) is 4.79 Å². The molecule has 0 saturated carbocycles. The molecule has 0 aromatic heterocycles. The van der Waals surface area contributed by atoms with Crippen LogP contribution in [0.3, 0.4) is 0 Å². The van der Waals surface area contributed by atoms with Gasteiger partial charge in [0.15, 0.2) is 0 Å². The van der Waals surface area contributed by atoms with Gasteiger partial charge in [-0.1, -0.05) is 67.2 Å². The fourth-order valence-electron chi connectivity index (χ4n) is 1.04. The average molecular weight is 332 g/mol. The normalized spacial score (nSPS) is 7.27. The van der Waals surface area contributed by atoms with Crippen molar-refractivity contribution in [3.8, 4) is 0 Å². The number of carbonyl (C=O) groups excluding carboxylic acids is 1. The smallest absolute Gasteiger partial charge is 0.126 e. The van der Waals surface area contributed by atoms with Crippen LogP contribution in [-0.2, 0) is 11.3 Å². The third-order valence-corrected chi connectivity index (χ3v) is 2.40. The van der Waals surface area contributed by atoms with E-state index in [4.69, 9.17) is 0 Å². The molecule has 134 valence electrons. The minimum absolute atomic E-state index is 0. The van der Waals surface area contributed by atoms with Gasteiger partial charge in [-0.2, -0.15) is 0 Å². The topological polar surface area (TPSA) is 29.1 Å². The van der Waals surface area contributed by atoms with Gasteiger partial charge in [0, 0.05) is 11.4 Å². The molecule has 1 rings (SSSR count). The van der Waals surface area contributed by atoms with Crippen molar-refractivity contribution in [2.24, 2.45) is 0 Å². The lowest BCUT2D eigenvalue weighted by molar-refractivity contribution is -0.114. The largest absolute Gasteiger partial charge is 0.316 e. The summed E-state index contributed by atoms with van der Waals surface area (Å²) in [6.07, 6.45) is 3.36. The van der Waals surface area contributed by atoms with E-state index in [1.807, 2.05) is 20.9 Å². The highest BCUT2D eigenvalue weighted by Gasteiger charge is 1.96. The van der Waals surface area contributed by atoms with Gasteiger partial charge in [0.05, 0.1) is 0 Å². The standard InChI is InChI=1S/C9H13NS.C3H6O.C3H8.C2H6.2CH4/c1-10-7-8-5-3-4-6-9(8)11-2;1-3(2)4;1-3-2;1-2;;/h3-6,10H,7H2,1-2H3;1-2H3;3H2,1-2H3;1-2H3;2*1H4. The molecule has 2 nitrogen and oxygen atoms in total. The third kappa shape index (κ3) is 27.5. The first kappa shape index (κ1) is 33.0. The molecule has 0 aliphatic carbocycles. The molecule has 0 amide bonds. The van der Waals surface area contributed by atoms with E-state index in [1.165, 1.54) is 30.7 Å². The van der Waals surface area contributed by atoms with Crippen molar-refractivity contribution in [2.75, 3.05) is 13.3 Å². The lowest BCUT2D eigenvalue weighted by atomic mass is 10.2. The summed E-state index contributed by atoms with van der Waals surface area (Å²) >= 11 is 1.80. The zero-order chi connectivity index (χ0) is 16.4. The van der Waals surface area contributed by atoms with Crippen LogP contribution in [-0.4, -0.2) is 19.1 Å². The van der Waals surface area contributed by atoms with Gasteiger partial charge >= 0.3 is 0 Å². The van der Waals surface area contributed by atoms with Crippen LogP contribution in [0.5, 0.6) is 0 Å². The average Bonchev–Trinajstić information content (AvgIpc) is 2.42. The van der Waals surface area contributed by atoms with Gasteiger partial charge in [0.25, 0.3) is 0 Å². The summed E-state index contributed by atoms with van der Waals surface area (Å²) in [6.45, 7) is 12.3. The van der Waals surface area contributed by atoms with E-state index >= 15 is 0 Å². The van der Waals surface area contributed by atoms with Gasteiger partial charge < -0.3 is 10.1 Å². The van der Waals surface area contributed by atoms with Gasteiger partial charge in [-0.05, 0) is 38.8 Å². The minimum atomic E-state index is 0. The van der Waals surface area contributed by atoms with Crippen LogP contribution in [0.4, 0.5) is 0 Å². The highest BCUT2D eigenvalue weighted by molar-refractivity contribution is 7.98. The lowest BCUT2D eigenvalue weighted by Crippen LogP contribution is -2.05. The Balaban J connectivity index is -0.0000000749. The summed E-state index contributed by atoms with van der Waals surface area (Å²) in [5.74, 6) is 0.167. The van der Waals surface area contributed by atoms with Crippen LogP contribution < -0.4 is 5.32 Å². The molecule has 1 N–H and O–H groups in total. The fourth-order valence-corrected chi connectivity index (χ4v) is 1.66. The van der Waals surface area contributed by atoms with Gasteiger partial charge in [-0.25, -0.2) is 0 Å². The number of hydrogen-bond acceptors (Lipinski definition) is 3. The van der Waals surface area contributed by atoms with Crippen molar-refractivity contribution >= 4 is 17.5 Å². The third-order valence-electron chi connectivity index (χ3n) is 1.56. The van der Waals surface area contributed by atoms with Crippen LogP contribution in [0.2, 0.25) is 0 Å². The Bertz CT molecular complexity index is 310. The van der Waals surface area contributed by atoms with Crippen LogP contribution in [0.15, 0.2) is 29.2 Å². The molecule has 0 fully saturated rings. The SMILES string of the molecule is C.C.CC.CC(C)=O.CCC.CNCc1ccccc1SC. The minimum Gasteiger partial charge on any atom is -0.316 e. The van der Waals surface area contributed by atoms with E-state index in [0.717, 1.165) is 6.54 Å². The predicted molar refractivity (Wildman–Crippen MR) is 108 cm³/mol. The maximum absolute atomic E-state index is 9.44. The zero-order valence-electron chi connectivity index (χ0n) is 14.5. The van der Waals surface area contributed by atoms with E-state index in [2.05, 4.69) is 49.7 Å².